The summed E-state index contributed by atoms with van der Waals surface area (Å²) in [5.41, 5.74) is -0.380. The predicted octanol–water partition coefficient (Wildman–Crippen LogP) is 2.86. The number of nitro benzene ring substituents is 2. The minimum atomic E-state index is -1.34. The maximum absolute atomic E-state index is 14.0. The first kappa shape index (κ1) is 37.7. The summed E-state index contributed by atoms with van der Waals surface area (Å²) in [5.74, 6) is -3.04. The lowest BCUT2D eigenvalue weighted by Crippen LogP contribution is -2.66. The van der Waals surface area contributed by atoms with E-state index in [1.165, 1.54) is 64.9 Å². The van der Waals surface area contributed by atoms with Crippen molar-refractivity contribution in [3.05, 3.63) is 90.5 Å². The minimum absolute atomic E-state index is 0.0103. The lowest BCUT2D eigenvalue weighted by molar-refractivity contribution is -0.385. The number of fused-ring (bicyclic) bond motifs is 1. The van der Waals surface area contributed by atoms with Gasteiger partial charge in [0.1, 0.15) is 18.3 Å². The molecule has 0 bridgehead atoms. The summed E-state index contributed by atoms with van der Waals surface area (Å²) in [6.45, 7) is 5.29. The number of hydrogen-bond acceptors (Lipinski definition) is 12. The summed E-state index contributed by atoms with van der Waals surface area (Å²) in [5, 5.41) is 43.1. The largest absolute Gasteiger partial charge is 0.477 e. The molecule has 0 aliphatic carbocycles. The number of carbonyl (C=O) groups excluding carboxylic acids is 3. The van der Waals surface area contributed by atoms with Crippen LogP contribution in [0.2, 0.25) is 0 Å². The number of non-ortho nitro benzene ring substituents is 2. The van der Waals surface area contributed by atoms with Crippen molar-refractivity contribution in [3.63, 3.8) is 0 Å². The molecule has 6 rings (SSSR count). The van der Waals surface area contributed by atoms with Crippen molar-refractivity contribution in [2.24, 2.45) is 11.3 Å². The van der Waals surface area contributed by atoms with E-state index in [-0.39, 0.29) is 49.0 Å². The molecule has 3 saturated heterocycles. The van der Waals surface area contributed by atoms with Gasteiger partial charge in [-0.2, -0.15) is 0 Å². The topological polar surface area (TPSA) is 217 Å². The van der Waals surface area contributed by atoms with E-state index in [4.69, 9.17) is 4.74 Å². The molecule has 0 saturated carbocycles. The van der Waals surface area contributed by atoms with Gasteiger partial charge >= 0.3 is 12.1 Å². The molecular weight excluding hydrogens is 712 g/mol. The Morgan fingerprint density at radius 1 is 0.981 bits per heavy atom. The summed E-state index contributed by atoms with van der Waals surface area (Å²) in [6.07, 6.45) is -1.53. The number of amides is 3. The van der Waals surface area contributed by atoms with Crippen molar-refractivity contribution in [1.29, 1.82) is 0 Å². The number of rotatable bonds is 11. The zero-order chi connectivity index (χ0) is 38.4. The number of hydrogen-bond donors (Lipinski definition) is 2. The van der Waals surface area contributed by atoms with Crippen molar-refractivity contribution in [1.82, 2.24) is 19.6 Å². The minimum Gasteiger partial charge on any atom is -0.477 e. The summed E-state index contributed by atoms with van der Waals surface area (Å²) >= 11 is 1.18. The molecule has 0 radical (unpaired) electrons. The van der Waals surface area contributed by atoms with Crippen LogP contribution in [0.25, 0.3) is 0 Å². The molecule has 2 aromatic carbocycles. The summed E-state index contributed by atoms with van der Waals surface area (Å²) in [4.78, 5) is 82.0. The van der Waals surface area contributed by atoms with E-state index >= 15 is 0 Å². The molecule has 282 valence electrons. The molecule has 0 spiro atoms. The highest BCUT2D eigenvalue weighted by atomic mass is 32.2. The van der Waals surface area contributed by atoms with Crippen LogP contribution >= 0.6 is 11.8 Å². The average molecular weight is 753 g/mol. The number of nitro groups is 2. The van der Waals surface area contributed by atoms with Crippen LogP contribution in [0, 0.1) is 31.6 Å². The number of aliphatic carboxylic acids is 1. The highest BCUT2D eigenvalue weighted by Gasteiger charge is 2.66. The Morgan fingerprint density at radius 3 is 2.08 bits per heavy atom. The second kappa shape index (κ2) is 14.7. The molecule has 6 atom stereocenters. The molecule has 0 aromatic heterocycles. The number of likely N-dealkylation sites (tertiary alicyclic amines) is 1. The van der Waals surface area contributed by atoms with E-state index in [0.29, 0.717) is 42.2 Å². The van der Waals surface area contributed by atoms with Gasteiger partial charge < -0.3 is 29.6 Å². The molecule has 2 N–H and O–H groups in total. The van der Waals surface area contributed by atoms with Gasteiger partial charge in [-0.25, -0.2) is 9.59 Å². The molecule has 3 fully saturated rings. The number of benzene rings is 2. The number of ether oxygens (including phenoxy) is 1. The third-order valence-corrected chi connectivity index (χ3v) is 12.2. The lowest BCUT2D eigenvalue weighted by Gasteiger charge is -2.51. The van der Waals surface area contributed by atoms with Crippen molar-refractivity contribution in [3.8, 4) is 0 Å². The summed E-state index contributed by atoms with van der Waals surface area (Å²) < 4.78 is 5.61. The fraction of sp³-hybridized carbons (Fsp3) is 0.486. The Kier molecular flexibility index (Phi) is 10.5. The Bertz CT molecular complexity index is 1850. The molecule has 3 amide bonds. The van der Waals surface area contributed by atoms with Crippen molar-refractivity contribution in [2.75, 3.05) is 39.8 Å². The van der Waals surface area contributed by atoms with Gasteiger partial charge in [0.15, 0.2) is 0 Å². The monoisotopic (exact) mass is 752 g/mol. The smallest absolute Gasteiger partial charge is 0.410 e. The van der Waals surface area contributed by atoms with E-state index in [9.17, 15) is 49.6 Å². The quantitative estimate of drug-likeness (QED) is 0.192. The molecule has 18 heteroatoms. The highest BCUT2D eigenvalue weighted by Crippen LogP contribution is 2.60. The van der Waals surface area contributed by atoms with Gasteiger partial charge in [-0.05, 0) is 50.1 Å². The van der Waals surface area contributed by atoms with Gasteiger partial charge in [-0.1, -0.05) is 19.1 Å². The molecule has 2 aromatic rings. The van der Waals surface area contributed by atoms with E-state index in [2.05, 4.69) is 4.90 Å². The van der Waals surface area contributed by atoms with Crippen LogP contribution in [0.1, 0.15) is 31.4 Å². The maximum atomic E-state index is 14.0. The second-order valence-corrected chi connectivity index (χ2v) is 15.5. The normalized spacial score (nSPS) is 26.3. The van der Waals surface area contributed by atoms with E-state index in [0.717, 1.165) is 0 Å². The van der Waals surface area contributed by atoms with Crippen LogP contribution in [0.3, 0.4) is 0 Å². The van der Waals surface area contributed by atoms with Gasteiger partial charge in [-0.15, -0.1) is 11.8 Å². The van der Waals surface area contributed by atoms with Gasteiger partial charge in [0, 0.05) is 72.6 Å². The number of piperazine rings is 1. The van der Waals surface area contributed by atoms with Crippen LogP contribution in [0.5, 0.6) is 0 Å². The van der Waals surface area contributed by atoms with Crippen molar-refractivity contribution >= 4 is 47.0 Å². The number of carboxylic acids is 1. The zero-order valence-electron chi connectivity index (χ0n) is 29.3. The number of nitrogens with zero attached hydrogens (tertiary/aromatic N) is 6. The Morgan fingerprint density at radius 2 is 1.55 bits per heavy atom. The SMILES string of the molecule is C[C@@H](O)[C@H]1C(=O)N2C(C(=O)O)=C(S[C@H]3C[C@@H](C(=O)N4CCN(C)CC4)N(C(=O)OCc4ccc([N+](=O)[O-])cc4)C3)[C@](C)(Cc3ccc([N+](=O)[O-])cc3)[C@H]12. The van der Waals surface area contributed by atoms with E-state index in [1.807, 2.05) is 14.0 Å². The van der Waals surface area contributed by atoms with Crippen LogP contribution in [0.4, 0.5) is 16.2 Å². The first-order valence-electron chi connectivity index (χ1n) is 17.1. The molecule has 4 aliphatic rings. The number of aliphatic hydroxyl groups excluding tert-OH is 1. The Hall–Kier alpha value is -5.07. The standard InChI is InChI=1S/C35H40N6O11S/c1-20(42)27-29-35(2,17-21-4-8-23(9-5-21)40(48)49)30(28(33(45)46)39(29)32(27)44)53-25-16-26(31(43)37-14-12-36(3)13-15-37)38(18-25)34(47)52-19-22-6-10-24(11-7-22)41(50)51/h4-11,20,25-27,29,42H,12-19H2,1-3H3,(H,45,46)/t20-,25+,26+,27-,29+,35-/m1/s1. The summed E-state index contributed by atoms with van der Waals surface area (Å²) in [7, 11) is 1.95. The Balaban J connectivity index is 1.30. The molecule has 4 aliphatic heterocycles. The maximum Gasteiger partial charge on any atom is 0.410 e. The number of carboxylic acid groups (broad SMARTS) is 1. The fourth-order valence-corrected chi connectivity index (χ4v) is 9.43. The van der Waals surface area contributed by atoms with Gasteiger partial charge in [0.05, 0.1) is 27.9 Å². The number of β-lactam (4-membered cyclic amide) rings is 1. The van der Waals surface area contributed by atoms with Crippen LogP contribution < -0.4 is 0 Å². The van der Waals surface area contributed by atoms with Crippen molar-refractivity contribution in [2.45, 2.75) is 56.7 Å². The van der Waals surface area contributed by atoms with Crippen LogP contribution in [-0.2, 0) is 32.1 Å². The van der Waals surface area contributed by atoms with Gasteiger partial charge in [0.2, 0.25) is 11.8 Å². The molecule has 17 nitrogen and oxygen atoms in total. The lowest BCUT2D eigenvalue weighted by atomic mass is 9.67. The predicted molar refractivity (Wildman–Crippen MR) is 189 cm³/mol. The zero-order valence-corrected chi connectivity index (χ0v) is 30.1. The van der Waals surface area contributed by atoms with E-state index in [1.54, 1.807) is 17.0 Å². The fourth-order valence-electron chi connectivity index (χ4n) is 7.83. The first-order valence-corrected chi connectivity index (χ1v) is 18.0. The molecule has 53 heavy (non-hydrogen) atoms. The number of thioether (sulfide) groups is 1. The molecule has 4 heterocycles. The van der Waals surface area contributed by atoms with E-state index < -0.39 is 62.6 Å². The summed E-state index contributed by atoms with van der Waals surface area (Å²) in [6, 6.07) is 9.73. The van der Waals surface area contributed by atoms with Gasteiger partial charge in [-0.3, -0.25) is 34.7 Å². The second-order valence-electron chi connectivity index (χ2n) is 14.2. The van der Waals surface area contributed by atoms with Crippen LogP contribution in [-0.4, -0.2) is 127 Å². The Labute approximate surface area is 308 Å². The van der Waals surface area contributed by atoms with Crippen molar-refractivity contribution < 1.29 is 44.0 Å². The average Bonchev–Trinajstić information content (AvgIpc) is 3.63. The molecule has 0 unspecified atom stereocenters. The van der Waals surface area contributed by atoms with Gasteiger partial charge in [0.25, 0.3) is 11.4 Å². The third kappa shape index (κ3) is 7.17. The number of aliphatic hydroxyl groups is 1. The number of carbonyl (C=O) groups is 4. The van der Waals surface area contributed by atoms with Crippen LogP contribution in [0.15, 0.2) is 59.1 Å². The molecular formula is C35H40N6O11S. The highest BCUT2D eigenvalue weighted by molar-refractivity contribution is 8.03. The third-order valence-electron chi connectivity index (χ3n) is 10.6. The number of likely N-dealkylation sites (N-methyl/N-ethyl adjacent to an activating group) is 1. The first-order chi connectivity index (χ1) is 25.1.